The summed E-state index contributed by atoms with van der Waals surface area (Å²) in [6.45, 7) is 0.125. The molecule has 0 unspecified atom stereocenters. The van der Waals surface area contributed by atoms with Crippen molar-refractivity contribution in [2.75, 3.05) is 6.61 Å². The average molecular weight is 257 g/mol. The zero-order valence-electron chi connectivity index (χ0n) is 9.50. The van der Waals surface area contributed by atoms with Crippen molar-refractivity contribution in [2.24, 2.45) is 10.9 Å². The topological polar surface area (TPSA) is 67.8 Å². The number of halogens is 1. The molecule has 1 aromatic carbocycles. The molecule has 0 radical (unpaired) electrons. The largest absolute Gasteiger partial charge is 0.485 e. The molecule has 1 saturated carbocycles. The Morgan fingerprint density at radius 3 is 2.71 bits per heavy atom. The van der Waals surface area contributed by atoms with Gasteiger partial charge in [-0.05, 0) is 30.4 Å². The lowest BCUT2D eigenvalue weighted by atomic mass is 9.80. The minimum absolute atomic E-state index is 0. The van der Waals surface area contributed by atoms with Crippen molar-refractivity contribution in [1.29, 1.82) is 0 Å². The molecule has 3 N–H and O–H groups in total. The third-order valence-electron chi connectivity index (χ3n) is 2.97. The highest BCUT2D eigenvalue weighted by atomic mass is 35.5. The maximum absolute atomic E-state index is 8.43. The second-order valence-corrected chi connectivity index (χ2v) is 4.05. The lowest BCUT2D eigenvalue weighted by Crippen LogP contribution is -2.21. The van der Waals surface area contributed by atoms with Crippen LogP contribution in [0, 0.1) is 0 Å². The summed E-state index contributed by atoms with van der Waals surface area (Å²) >= 11 is 0. The summed E-state index contributed by atoms with van der Waals surface area (Å²) in [5, 5.41) is 11.3. The molecule has 1 fully saturated rings. The van der Waals surface area contributed by atoms with Gasteiger partial charge in [-0.25, -0.2) is 0 Å². The fourth-order valence-corrected chi connectivity index (χ4v) is 1.85. The highest BCUT2D eigenvalue weighted by Crippen LogP contribution is 2.40. The van der Waals surface area contributed by atoms with Crippen LogP contribution in [0.4, 0.5) is 0 Å². The molecule has 5 heteroatoms. The van der Waals surface area contributed by atoms with E-state index in [2.05, 4.69) is 11.2 Å². The van der Waals surface area contributed by atoms with Crippen molar-refractivity contribution in [3.63, 3.8) is 0 Å². The molecule has 4 nitrogen and oxygen atoms in total. The van der Waals surface area contributed by atoms with Crippen molar-refractivity contribution in [3.05, 3.63) is 29.8 Å². The lowest BCUT2D eigenvalue weighted by Gasteiger charge is -2.27. The molecule has 0 aromatic heterocycles. The minimum Gasteiger partial charge on any atom is -0.485 e. The third kappa shape index (κ3) is 3.27. The first-order valence-corrected chi connectivity index (χ1v) is 5.49. The molecule has 94 valence electrons. The Morgan fingerprint density at radius 1 is 1.41 bits per heavy atom. The fraction of sp³-hybridized carbons (Fsp3) is 0.417. The van der Waals surface area contributed by atoms with Crippen LogP contribution >= 0.6 is 12.4 Å². The summed E-state index contributed by atoms with van der Waals surface area (Å²) in [6, 6.07) is 7.97. The predicted molar refractivity (Wildman–Crippen MR) is 69.2 cm³/mol. The Kier molecular flexibility index (Phi) is 5.10. The van der Waals surface area contributed by atoms with Crippen LogP contribution < -0.4 is 10.5 Å². The normalized spacial score (nSPS) is 15.9. The van der Waals surface area contributed by atoms with Crippen LogP contribution in [0.15, 0.2) is 29.4 Å². The summed E-state index contributed by atoms with van der Waals surface area (Å²) in [5.74, 6) is 1.55. The van der Waals surface area contributed by atoms with Crippen LogP contribution in [0.1, 0.15) is 30.7 Å². The molecule has 0 atom stereocenters. The number of hydrogen-bond donors (Lipinski definition) is 2. The monoisotopic (exact) mass is 256 g/mol. The number of oxime groups is 1. The third-order valence-corrected chi connectivity index (χ3v) is 2.97. The van der Waals surface area contributed by atoms with Gasteiger partial charge in [0.05, 0.1) is 0 Å². The molecule has 2 rings (SSSR count). The van der Waals surface area contributed by atoms with E-state index in [4.69, 9.17) is 15.7 Å². The van der Waals surface area contributed by atoms with Crippen molar-refractivity contribution < 1.29 is 9.94 Å². The van der Waals surface area contributed by atoms with Gasteiger partial charge in [-0.2, -0.15) is 0 Å². The molecular weight excluding hydrogens is 240 g/mol. The summed E-state index contributed by atoms with van der Waals surface area (Å²) < 4.78 is 5.53. The van der Waals surface area contributed by atoms with Gasteiger partial charge in [0.15, 0.2) is 5.84 Å². The average Bonchev–Trinajstić information content (AvgIpc) is 2.25. The Morgan fingerprint density at radius 2 is 2.12 bits per heavy atom. The van der Waals surface area contributed by atoms with Crippen LogP contribution in [0.2, 0.25) is 0 Å². The maximum atomic E-state index is 8.43. The number of hydrogen-bond acceptors (Lipinski definition) is 3. The second-order valence-electron chi connectivity index (χ2n) is 4.05. The highest BCUT2D eigenvalue weighted by Gasteiger charge is 2.22. The van der Waals surface area contributed by atoms with Gasteiger partial charge in [-0.1, -0.05) is 29.8 Å². The van der Waals surface area contributed by atoms with E-state index in [-0.39, 0.29) is 24.8 Å². The first kappa shape index (κ1) is 13.6. The Hall–Kier alpha value is -1.42. The number of ether oxygens (including phenoxy) is 1. The van der Waals surface area contributed by atoms with Gasteiger partial charge < -0.3 is 15.7 Å². The second kappa shape index (κ2) is 6.35. The van der Waals surface area contributed by atoms with E-state index in [9.17, 15) is 0 Å². The van der Waals surface area contributed by atoms with E-state index >= 15 is 0 Å². The molecule has 1 aliphatic rings. The number of rotatable bonds is 4. The van der Waals surface area contributed by atoms with Crippen molar-refractivity contribution >= 4 is 18.2 Å². The van der Waals surface area contributed by atoms with Crippen molar-refractivity contribution in [3.8, 4) is 5.75 Å². The fourth-order valence-electron chi connectivity index (χ4n) is 1.85. The van der Waals surface area contributed by atoms with E-state index in [0.717, 1.165) is 5.75 Å². The molecule has 1 aliphatic carbocycles. The van der Waals surface area contributed by atoms with Crippen molar-refractivity contribution in [1.82, 2.24) is 0 Å². The predicted octanol–water partition coefficient (Wildman–Crippen LogP) is 2.50. The SMILES string of the molecule is Cl.NC(COc1ccccc1C1CCC1)=NO. The number of nitrogens with two attached hydrogens (primary N) is 1. The van der Waals surface area contributed by atoms with Crippen LogP contribution in [0.25, 0.3) is 0 Å². The van der Waals surface area contributed by atoms with Crippen LogP contribution in [-0.2, 0) is 0 Å². The van der Waals surface area contributed by atoms with E-state index in [0.29, 0.717) is 5.92 Å². The molecule has 0 amide bonds. The van der Waals surface area contributed by atoms with Gasteiger partial charge in [0.1, 0.15) is 12.4 Å². The van der Waals surface area contributed by atoms with Gasteiger partial charge in [0.2, 0.25) is 0 Å². The molecule has 0 bridgehead atoms. The highest BCUT2D eigenvalue weighted by molar-refractivity contribution is 5.85. The molecule has 0 spiro atoms. The van der Waals surface area contributed by atoms with Crippen LogP contribution in [-0.4, -0.2) is 17.6 Å². The molecule has 17 heavy (non-hydrogen) atoms. The molecule has 1 aromatic rings. The van der Waals surface area contributed by atoms with Gasteiger partial charge in [0, 0.05) is 0 Å². The number of nitrogens with zero attached hydrogens (tertiary/aromatic N) is 1. The van der Waals surface area contributed by atoms with Gasteiger partial charge in [-0.3, -0.25) is 0 Å². The molecule has 0 aliphatic heterocycles. The van der Waals surface area contributed by atoms with E-state index in [1.165, 1.54) is 24.8 Å². The van der Waals surface area contributed by atoms with Crippen LogP contribution in [0.5, 0.6) is 5.75 Å². The summed E-state index contributed by atoms with van der Waals surface area (Å²) in [4.78, 5) is 0. The lowest BCUT2D eigenvalue weighted by molar-refractivity contribution is 0.304. The first-order valence-electron chi connectivity index (χ1n) is 5.49. The quantitative estimate of drug-likeness (QED) is 0.376. The molecule has 0 heterocycles. The Labute approximate surface area is 107 Å². The van der Waals surface area contributed by atoms with Gasteiger partial charge in [-0.15, -0.1) is 12.4 Å². The summed E-state index contributed by atoms with van der Waals surface area (Å²) in [6.07, 6.45) is 3.74. The molecule has 0 saturated heterocycles. The summed E-state index contributed by atoms with van der Waals surface area (Å²) in [5.41, 5.74) is 6.60. The zero-order valence-corrected chi connectivity index (χ0v) is 10.3. The zero-order chi connectivity index (χ0) is 11.4. The van der Waals surface area contributed by atoms with E-state index in [1.807, 2.05) is 18.2 Å². The summed E-state index contributed by atoms with van der Waals surface area (Å²) in [7, 11) is 0. The Bertz CT molecular complexity index is 392. The van der Waals surface area contributed by atoms with E-state index < -0.39 is 0 Å². The van der Waals surface area contributed by atoms with Crippen molar-refractivity contribution in [2.45, 2.75) is 25.2 Å². The smallest absolute Gasteiger partial charge is 0.177 e. The Balaban J connectivity index is 0.00000144. The number of benzene rings is 1. The standard InChI is InChI=1S/C12H16N2O2.ClH/c13-12(14-15)8-16-11-7-2-1-6-10(11)9-4-3-5-9;/h1-2,6-7,9,15H,3-5,8H2,(H2,13,14);1H. The first-order chi connectivity index (χ1) is 7.81. The maximum Gasteiger partial charge on any atom is 0.177 e. The minimum atomic E-state index is 0. The number of para-hydroxylation sites is 1. The van der Waals surface area contributed by atoms with Gasteiger partial charge in [0.25, 0.3) is 0 Å². The van der Waals surface area contributed by atoms with E-state index in [1.54, 1.807) is 0 Å². The number of amidine groups is 1. The molecular formula is C12H17ClN2O2. The van der Waals surface area contributed by atoms with Gasteiger partial charge >= 0.3 is 0 Å². The van der Waals surface area contributed by atoms with Crippen LogP contribution in [0.3, 0.4) is 0 Å².